The number of carbonyl (C=O) groups is 1. The van der Waals surface area contributed by atoms with E-state index in [1.807, 2.05) is 12.1 Å². The molecule has 3 heterocycles. The number of nitrogens with one attached hydrogen (secondary N) is 1. The van der Waals surface area contributed by atoms with E-state index < -0.39 is 11.6 Å². The number of aromatic nitrogens is 2. The number of benzene rings is 1. The fourth-order valence-corrected chi connectivity index (χ4v) is 3.32. The summed E-state index contributed by atoms with van der Waals surface area (Å²) in [6, 6.07) is 10.7. The number of fused-ring (bicyclic) bond motifs is 1. The van der Waals surface area contributed by atoms with Crippen molar-refractivity contribution in [3.05, 3.63) is 58.5 Å². The predicted molar refractivity (Wildman–Crippen MR) is 99.1 cm³/mol. The van der Waals surface area contributed by atoms with Crippen molar-refractivity contribution in [2.45, 2.75) is 6.54 Å². The van der Waals surface area contributed by atoms with Crippen molar-refractivity contribution in [1.82, 2.24) is 14.5 Å². The van der Waals surface area contributed by atoms with Gasteiger partial charge >= 0.3 is 6.03 Å². The summed E-state index contributed by atoms with van der Waals surface area (Å²) in [6.07, 6.45) is 1.37. The zero-order valence-corrected chi connectivity index (χ0v) is 14.3. The molecule has 26 heavy (non-hydrogen) atoms. The molecule has 1 aromatic carbocycles. The van der Waals surface area contributed by atoms with Gasteiger partial charge in [-0.25, -0.2) is 9.36 Å². The summed E-state index contributed by atoms with van der Waals surface area (Å²) in [5, 5.41) is 1.03. The lowest BCUT2D eigenvalue weighted by atomic mass is 10.1. The van der Waals surface area contributed by atoms with Crippen molar-refractivity contribution < 1.29 is 9.53 Å². The van der Waals surface area contributed by atoms with Crippen LogP contribution in [0.25, 0.3) is 22.2 Å². The zero-order chi connectivity index (χ0) is 18.1. The molecule has 0 bridgehead atoms. The predicted octanol–water partition coefficient (Wildman–Crippen LogP) is 1.76. The number of morpholine rings is 1. The molecule has 1 saturated heterocycles. The fraction of sp³-hybridized carbons (Fsp3) is 0.263. The van der Waals surface area contributed by atoms with E-state index in [0.717, 1.165) is 48.3 Å². The van der Waals surface area contributed by atoms with Gasteiger partial charge in [0.1, 0.15) is 0 Å². The van der Waals surface area contributed by atoms with Gasteiger partial charge in [0.25, 0.3) is 5.56 Å². The number of carbonyl (C=O) groups excluding carboxylic acids is 1. The van der Waals surface area contributed by atoms with Gasteiger partial charge in [0.2, 0.25) is 0 Å². The first-order chi connectivity index (χ1) is 12.6. The maximum absolute atomic E-state index is 12.4. The molecule has 7 nitrogen and oxygen atoms in total. The molecule has 3 N–H and O–H groups in total. The average Bonchev–Trinajstić information content (AvgIpc) is 3.05. The summed E-state index contributed by atoms with van der Waals surface area (Å²) >= 11 is 0. The van der Waals surface area contributed by atoms with Gasteiger partial charge < -0.3 is 15.5 Å². The number of pyridine rings is 1. The quantitative estimate of drug-likeness (QED) is 0.751. The second-order valence-corrected chi connectivity index (χ2v) is 6.43. The number of nitrogens with zero attached hydrogens (tertiary/aromatic N) is 2. The second-order valence-electron chi connectivity index (χ2n) is 6.43. The molecule has 0 spiro atoms. The molecule has 0 radical (unpaired) electrons. The average molecular weight is 352 g/mol. The zero-order valence-electron chi connectivity index (χ0n) is 14.3. The molecule has 2 aromatic heterocycles. The van der Waals surface area contributed by atoms with E-state index in [4.69, 9.17) is 10.5 Å². The Morgan fingerprint density at radius 2 is 2.00 bits per heavy atom. The van der Waals surface area contributed by atoms with Crippen molar-refractivity contribution in [2.75, 3.05) is 26.3 Å². The smallest absolute Gasteiger partial charge is 0.325 e. The highest BCUT2D eigenvalue weighted by Crippen LogP contribution is 2.23. The Bertz CT molecular complexity index is 1020. The number of aromatic amines is 1. The van der Waals surface area contributed by atoms with Crippen molar-refractivity contribution in [3.8, 4) is 11.3 Å². The molecule has 1 amide bonds. The largest absolute Gasteiger partial charge is 0.379 e. The first kappa shape index (κ1) is 16.6. The van der Waals surface area contributed by atoms with Gasteiger partial charge in [0.05, 0.1) is 24.5 Å². The number of primary amides is 1. The van der Waals surface area contributed by atoms with Crippen LogP contribution in [0.3, 0.4) is 0 Å². The molecule has 134 valence electrons. The van der Waals surface area contributed by atoms with Crippen LogP contribution in [0.15, 0.2) is 47.4 Å². The van der Waals surface area contributed by atoms with Crippen molar-refractivity contribution in [1.29, 1.82) is 0 Å². The molecule has 4 rings (SSSR count). The summed E-state index contributed by atoms with van der Waals surface area (Å²) in [4.78, 5) is 29.4. The number of hydrogen-bond acceptors (Lipinski definition) is 4. The van der Waals surface area contributed by atoms with E-state index in [0.29, 0.717) is 11.3 Å². The summed E-state index contributed by atoms with van der Waals surface area (Å²) in [5.41, 5.74) is 8.06. The summed E-state index contributed by atoms with van der Waals surface area (Å²) in [5.74, 6) is 0. The summed E-state index contributed by atoms with van der Waals surface area (Å²) in [7, 11) is 0. The van der Waals surface area contributed by atoms with Gasteiger partial charge in [-0.2, -0.15) is 0 Å². The molecule has 1 aliphatic rings. The Morgan fingerprint density at radius 1 is 1.19 bits per heavy atom. The molecule has 7 heteroatoms. The Hall–Kier alpha value is -2.90. The van der Waals surface area contributed by atoms with Crippen LogP contribution in [-0.4, -0.2) is 46.8 Å². The van der Waals surface area contributed by atoms with E-state index >= 15 is 0 Å². The first-order valence-corrected chi connectivity index (χ1v) is 8.55. The molecule has 1 aliphatic heterocycles. The van der Waals surface area contributed by atoms with E-state index in [-0.39, 0.29) is 0 Å². The van der Waals surface area contributed by atoms with E-state index in [1.165, 1.54) is 11.8 Å². The van der Waals surface area contributed by atoms with Gasteiger partial charge in [-0.1, -0.05) is 6.07 Å². The van der Waals surface area contributed by atoms with Gasteiger partial charge in [-0.05, 0) is 35.9 Å². The number of rotatable bonds is 3. The third-order valence-electron chi connectivity index (χ3n) is 4.67. The second kappa shape index (κ2) is 6.78. The Balaban J connectivity index is 1.67. The Morgan fingerprint density at radius 3 is 2.77 bits per heavy atom. The SMILES string of the molecule is NC(=O)n1cccc(-c2cc3cc(CN4CCOCC4)ccc3[nH]2)c1=O. The molecule has 1 fully saturated rings. The van der Waals surface area contributed by atoms with Gasteiger partial charge in [0, 0.05) is 36.7 Å². The fourth-order valence-electron chi connectivity index (χ4n) is 3.32. The number of hydrogen-bond donors (Lipinski definition) is 2. The topological polar surface area (TPSA) is 93.3 Å². The lowest BCUT2D eigenvalue weighted by molar-refractivity contribution is 0.0342. The summed E-state index contributed by atoms with van der Waals surface area (Å²) in [6.45, 7) is 4.30. The Kier molecular flexibility index (Phi) is 4.32. The minimum Gasteiger partial charge on any atom is -0.379 e. The van der Waals surface area contributed by atoms with Crippen LogP contribution in [0.4, 0.5) is 4.79 Å². The van der Waals surface area contributed by atoms with Crippen molar-refractivity contribution in [3.63, 3.8) is 0 Å². The third-order valence-corrected chi connectivity index (χ3v) is 4.67. The lowest BCUT2D eigenvalue weighted by Gasteiger charge is -2.26. The van der Waals surface area contributed by atoms with Gasteiger partial charge in [-0.15, -0.1) is 0 Å². The third kappa shape index (κ3) is 3.14. The van der Waals surface area contributed by atoms with Crippen molar-refractivity contribution in [2.24, 2.45) is 5.73 Å². The monoisotopic (exact) mass is 352 g/mol. The molecular formula is C19H20N4O3. The highest BCUT2D eigenvalue weighted by atomic mass is 16.5. The number of ether oxygens (including phenoxy) is 1. The lowest BCUT2D eigenvalue weighted by Crippen LogP contribution is -2.35. The van der Waals surface area contributed by atoms with Crippen molar-refractivity contribution >= 4 is 16.9 Å². The standard InChI is InChI=1S/C19H20N4O3/c20-19(25)23-5-1-2-15(18(23)24)17-11-14-10-13(3-4-16(14)21-17)12-22-6-8-26-9-7-22/h1-5,10-11,21H,6-9,12H2,(H2,20,25). The van der Waals surface area contributed by atoms with Crippen LogP contribution in [0.1, 0.15) is 5.56 Å². The molecule has 0 aliphatic carbocycles. The van der Waals surface area contributed by atoms with E-state index in [9.17, 15) is 9.59 Å². The molecule has 0 saturated carbocycles. The first-order valence-electron chi connectivity index (χ1n) is 8.55. The maximum atomic E-state index is 12.4. The van der Waals surface area contributed by atoms with Gasteiger partial charge in [0.15, 0.2) is 0 Å². The van der Waals surface area contributed by atoms with Crippen LogP contribution in [0.2, 0.25) is 0 Å². The highest BCUT2D eigenvalue weighted by Gasteiger charge is 2.13. The number of H-pyrrole nitrogens is 1. The molecular weight excluding hydrogens is 332 g/mol. The molecule has 0 unspecified atom stereocenters. The van der Waals surface area contributed by atoms with Crippen LogP contribution < -0.4 is 11.3 Å². The molecule has 0 atom stereocenters. The van der Waals surface area contributed by atoms with Crippen LogP contribution in [-0.2, 0) is 11.3 Å². The summed E-state index contributed by atoms with van der Waals surface area (Å²) < 4.78 is 6.29. The maximum Gasteiger partial charge on any atom is 0.325 e. The van der Waals surface area contributed by atoms with E-state index in [2.05, 4.69) is 22.0 Å². The van der Waals surface area contributed by atoms with Gasteiger partial charge in [-0.3, -0.25) is 9.69 Å². The van der Waals surface area contributed by atoms with Crippen LogP contribution in [0, 0.1) is 0 Å². The normalized spacial score (nSPS) is 15.4. The van der Waals surface area contributed by atoms with E-state index in [1.54, 1.807) is 12.1 Å². The minimum atomic E-state index is -0.791. The number of amides is 1. The van der Waals surface area contributed by atoms with Crippen LogP contribution >= 0.6 is 0 Å². The molecule has 3 aromatic rings. The Labute approximate surface area is 150 Å². The highest BCUT2D eigenvalue weighted by molar-refractivity contribution is 5.86. The van der Waals surface area contributed by atoms with Crippen LogP contribution in [0.5, 0.6) is 0 Å². The number of nitrogens with two attached hydrogens (primary N) is 1. The minimum absolute atomic E-state index is 0.414.